The maximum Gasteiger partial charge on any atom is 0.236 e. The minimum Gasteiger partial charge on any atom is -0.282 e. The maximum atomic E-state index is 12.4. The first-order valence-electron chi connectivity index (χ1n) is 6.16. The molecule has 1 atom stereocenters. The monoisotopic (exact) mass is 281 g/mol. The lowest BCUT2D eigenvalue weighted by Gasteiger charge is -2.20. The Morgan fingerprint density at radius 3 is 2.94 bits per heavy atom. The van der Waals surface area contributed by atoms with Gasteiger partial charge in [0.15, 0.2) is 0 Å². The number of likely N-dealkylation sites (tertiary alicyclic amines) is 1. The summed E-state index contributed by atoms with van der Waals surface area (Å²) in [5.41, 5.74) is -0.350. The fraction of sp³-hybridized carbons (Fsp3) is 0.538. The average Bonchev–Trinajstić information content (AvgIpc) is 3.03. The van der Waals surface area contributed by atoms with E-state index in [0.29, 0.717) is 13.0 Å². The van der Waals surface area contributed by atoms with Gasteiger partial charge in [0.25, 0.3) is 0 Å². The second-order valence-electron chi connectivity index (χ2n) is 4.94. The molecule has 96 valence electrons. The molecule has 18 heavy (non-hydrogen) atoms. The fourth-order valence-corrected chi connectivity index (χ4v) is 4.82. The lowest BCUT2D eigenvalue weighted by molar-refractivity contribution is -0.140. The molecule has 2 aliphatic rings. The number of hydrogen-bond donors (Lipinski definition) is 0. The van der Waals surface area contributed by atoms with Crippen LogP contribution in [0, 0.1) is 5.41 Å². The number of thiophene rings is 1. The van der Waals surface area contributed by atoms with Gasteiger partial charge in [-0.3, -0.25) is 14.5 Å². The summed E-state index contributed by atoms with van der Waals surface area (Å²) >= 11 is 3.48. The SMILES string of the molecule is O=C1C[C@]2(CCSC2)C(=O)N1CCc1cccs1. The van der Waals surface area contributed by atoms with Gasteiger partial charge >= 0.3 is 0 Å². The topological polar surface area (TPSA) is 37.4 Å². The number of thioether (sulfide) groups is 1. The van der Waals surface area contributed by atoms with E-state index in [1.54, 1.807) is 23.1 Å². The molecule has 3 heterocycles. The molecule has 0 bridgehead atoms. The lowest BCUT2D eigenvalue weighted by atomic mass is 9.86. The first-order chi connectivity index (χ1) is 8.71. The first kappa shape index (κ1) is 12.2. The van der Waals surface area contributed by atoms with Crippen molar-refractivity contribution in [1.29, 1.82) is 0 Å². The largest absolute Gasteiger partial charge is 0.282 e. The van der Waals surface area contributed by atoms with E-state index >= 15 is 0 Å². The third kappa shape index (κ3) is 1.99. The highest BCUT2D eigenvalue weighted by Crippen LogP contribution is 2.44. The molecule has 2 amide bonds. The quantitative estimate of drug-likeness (QED) is 0.797. The molecule has 3 nitrogen and oxygen atoms in total. The van der Waals surface area contributed by atoms with Crippen LogP contribution in [-0.2, 0) is 16.0 Å². The number of amides is 2. The number of nitrogens with zero attached hydrogens (tertiary/aromatic N) is 1. The molecule has 1 aromatic heterocycles. The molecule has 2 saturated heterocycles. The molecule has 0 unspecified atom stereocenters. The Bertz CT molecular complexity index is 463. The normalized spacial score (nSPS) is 27.7. The predicted octanol–water partition coefficient (Wildman–Crippen LogP) is 2.17. The second kappa shape index (κ2) is 4.70. The number of carbonyl (C=O) groups excluding carboxylic acids is 2. The Morgan fingerprint density at radius 2 is 2.28 bits per heavy atom. The Hall–Kier alpha value is -0.810. The molecule has 1 spiro atoms. The molecule has 2 aliphatic heterocycles. The van der Waals surface area contributed by atoms with Crippen molar-refractivity contribution in [3.8, 4) is 0 Å². The summed E-state index contributed by atoms with van der Waals surface area (Å²) in [7, 11) is 0. The van der Waals surface area contributed by atoms with Crippen molar-refractivity contribution < 1.29 is 9.59 Å². The molecule has 3 rings (SSSR count). The average molecular weight is 281 g/mol. The summed E-state index contributed by atoms with van der Waals surface area (Å²) in [5, 5.41) is 2.03. The Labute approximate surface area is 115 Å². The Morgan fingerprint density at radius 1 is 1.39 bits per heavy atom. The van der Waals surface area contributed by atoms with Crippen LogP contribution < -0.4 is 0 Å². The van der Waals surface area contributed by atoms with E-state index in [2.05, 4.69) is 6.07 Å². The van der Waals surface area contributed by atoms with E-state index in [9.17, 15) is 9.59 Å². The van der Waals surface area contributed by atoms with Crippen molar-refractivity contribution in [3.63, 3.8) is 0 Å². The first-order valence-corrected chi connectivity index (χ1v) is 8.20. The molecule has 0 aromatic carbocycles. The Balaban J connectivity index is 1.69. The van der Waals surface area contributed by atoms with Gasteiger partial charge in [-0.1, -0.05) is 6.07 Å². The van der Waals surface area contributed by atoms with E-state index in [0.717, 1.165) is 24.3 Å². The standard InChI is InChI=1S/C13H15NO2S2/c15-11-8-13(4-7-17-9-13)12(16)14(11)5-3-10-2-1-6-18-10/h1-2,6H,3-5,7-9H2/t13-/m0/s1. The zero-order valence-electron chi connectivity index (χ0n) is 10.1. The molecule has 5 heteroatoms. The molecule has 0 radical (unpaired) electrons. The smallest absolute Gasteiger partial charge is 0.236 e. The van der Waals surface area contributed by atoms with Gasteiger partial charge < -0.3 is 0 Å². The van der Waals surface area contributed by atoms with Gasteiger partial charge in [-0.05, 0) is 30.0 Å². The van der Waals surface area contributed by atoms with E-state index in [1.807, 2.05) is 11.4 Å². The predicted molar refractivity (Wildman–Crippen MR) is 73.7 cm³/mol. The van der Waals surface area contributed by atoms with Crippen LogP contribution in [0.25, 0.3) is 0 Å². The van der Waals surface area contributed by atoms with E-state index in [4.69, 9.17) is 0 Å². The molecule has 0 aliphatic carbocycles. The lowest BCUT2D eigenvalue weighted by Crippen LogP contribution is -2.36. The van der Waals surface area contributed by atoms with Crippen LogP contribution in [0.3, 0.4) is 0 Å². The highest BCUT2D eigenvalue weighted by Gasteiger charge is 2.52. The fourth-order valence-electron chi connectivity index (χ4n) is 2.68. The van der Waals surface area contributed by atoms with Crippen LogP contribution in [0.1, 0.15) is 17.7 Å². The number of imide groups is 1. The molecular formula is C13H15NO2S2. The van der Waals surface area contributed by atoms with E-state index < -0.39 is 0 Å². The summed E-state index contributed by atoms with van der Waals surface area (Å²) < 4.78 is 0. The van der Waals surface area contributed by atoms with Gasteiger partial charge in [0.05, 0.1) is 5.41 Å². The highest BCUT2D eigenvalue weighted by atomic mass is 32.2. The Kier molecular flexibility index (Phi) is 3.20. The molecule has 2 fully saturated rings. The van der Waals surface area contributed by atoms with Gasteiger partial charge in [-0.15, -0.1) is 11.3 Å². The van der Waals surface area contributed by atoms with Gasteiger partial charge in [0.2, 0.25) is 11.8 Å². The van der Waals surface area contributed by atoms with Crippen molar-refractivity contribution in [2.45, 2.75) is 19.3 Å². The molecular weight excluding hydrogens is 266 g/mol. The minimum atomic E-state index is -0.350. The molecule has 0 N–H and O–H groups in total. The minimum absolute atomic E-state index is 0.0269. The van der Waals surface area contributed by atoms with Crippen molar-refractivity contribution in [3.05, 3.63) is 22.4 Å². The van der Waals surface area contributed by atoms with Gasteiger partial charge in [-0.2, -0.15) is 11.8 Å². The number of carbonyl (C=O) groups is 2. The summed E-state index contributed by atoms with van der Waals surface area (Å²) in [6.07, 6.45) is 2.10. The van der Waals surface area contributed by atoms with Crippen molar-refractivity contribution in [1.82, 2.24) is 4.90 Å². The van der Waals surface area contributed by atoms with Crippen LogP contribution in [0.4, 0.5) is 0 Å². The number of rotatable bonds is 3. The van der Waals surface area contributed by atoms with Gasteiger partial charge in [0.1, 0.15) is 0 Å². The molecule has 1 aromatic rings. The van der Waals surface area contributed by atoms with Crippen LogP contribution in [0.5, 0.6) is 0 Å². The van der Waals surface area contributed by atoms with Gasteiger partial charge in [-0.25, -0.2) is 0 Å². The van der Waals surface area contributed by atoms with E-state index in [-0.39, 0.29) is 17.2 Å². The van der Waals surface area contributed by atoms with Crippen LogP contribution in [0.2, 0.25) is 0 Å². The highest BCUT2D eigenvalue weighted by molar-refractivity contribution is 7.99. The third-order valence-corrected chi connectivity index (χ3v) is 5.94. The second-order valence-corrected chi connectivity index (χ2v) is 7.08. The summed E-state index contributed by atoms with van der Waals surface area (Å²) in [6, 6.07) is 4.06. The summed E-state index contributed by atoms with van der Waals surface area (Å²) in [6.45, 7) is 0.546. The summed E-state index contributed by atoms with van der Waals surface area (Å²) in [5.74, 6) is 1.94. The molecule has 0 saturated carbocycles. The zero-order valence-corrected chi connectivity index (χ0v) is 11.7. The van der Waals surface area contributed by atoms with Crippen molar-refractivity contribution in [2.75, 3.05) is 18.1 Å². The van der Waals surface area contributed by atoms with Crippen LogP contribution in [-0.4, -0.2) is 34.8 Å². The van der Waals surface area contributed by atoms with E-state index in [1.165, 1.54) is 9.78 Å². The van der Waals surface area contributed by atoms with Crippen LogP contribution in [0.15, 0.2) is 17.5 Å². The third-order valence-electron chi connectivity index (χ3n) is 3.75. The zero-order chi connectivity index (χ0) is 12.6. The van der Waals surface area contributed by atoms with Crippen molar-refractivity contribution in [2.24, 2.45) is 5.41 Å². The van der Waals surface area contributed by atoms with Crippen molar-refractivity contribution >= 4 is 34.9 Å². The maximum absolute atomic E-state index is 12.4. The van der Waals surface area contributed by atoms with Gasteiger partial charge in [0, 0.05) is 23.6 Å². The number of hydrogen-bond acceptors (Lipinski definition) is 4. The summed E-state index contributed by atoms with van der Waals surface area (Å²) in [4.78, 5) is 27.1. The van der Waals surface area contributed by atoms with Crippen LogP contribution >= 0.6 is 23.1 Å².